The summed E-state index contributed by atoms with van der Waals surface area (Å²) in [6.45, 7) is 0. The Morgan fingerprint density at radius 3 is 2.48 bits per heavy atom. The second kappa shape index (κ2) is 6.26. The number of amides is 1. The van der Waals surface area contributed by atoms with Crippen LogP contribution in [-0.4, -0.2) is 23.0 Å². The molecular weight excluding hydrogens is 294 g/mol. The molecule has 0 aromatic heterocycles. The largest absolute Gasteiger partial charge is 0.480 e. The Morgan fingerprint density at radius 2 is 2.00 bits per heavy atom. The number of nitrogens with one attached hydrogen (secondary N) is 1. The van der Waals surface area contributed by atoms with Gasteiger partial charge in [-0.05, 0) is 12.1 Å². The molecule has 0 spiro atoms. The van der Waals surface area contributed by atoms with Crippen LogP contribution in [0.3, 0.4) is 0 Å². The van der Waals surface area contributed by atoms with Crippen molar-refractivity contribution in [2.75, 3.05) is 0 Å². The second-order valence-electron chi connectivity index (χ2n) is 3.94. The van der Waals surface area contributed by atoms with Gasteiger partial charge in [0, 0.05) is 6.42 Å². The molecule has 0 saturated heterocycles. The predicted molar refractivity (Wildman–Crippen MR) is 63.7 cm³/mol. The van der Waals surface area contributed by atoms with E-state index in [1.54, 1.807) is 0 Å². The first kappa shape index (κ1) is 16.5. The summed E-state index contributed by atoms with van der Waals surface area (Å²) in [6, 6.07) is 0.616. The monoisotopic (exact) mass is 303 g/mol. The zero-order valence-electron chi connectivity index (χ0n) is 10.4. The van der Waals surface area contributed by atoms with Crippen molar-refractivity contribution in [1.82, 2.24) is 5.32 Å². The molecule has 1 aromatic carbocycles. The summed E-state index contributed by atoms with van der Waals surface area (Å²) in [5.74, 6) is -2.55. The Kier molecular flexibility index (Phi) is 4.92. The van der Waals surface area contributed by atoms with Gasteiger partial charge in [0.05, 0.1) is 11.1 Å². The number of rotatable bonds is 4. The number of aliphatic carboxylic acids is 1. The van der Waals surface area contributed by atoms with Crippen LogP contribution in [-0.2, 0) is 11.0 Å². The molecule has 21 heavy (non-hydrogen) atoms. The van der Waals surface area contributed by atoms with E-state index >= 15 is 0 Å². The summed E-state index contributed by atoms with van der Waals surface area (Å²) in [4.78, 5) is 22.5. The molecule has 1 atom stereocenters. The van der Waals surface area contributed by atoms with E-state index in [9.17, 15) is 27.2 Å². The van der Waals surface area contributed by atoms with Crippen LogP contribution in [0.2, 0.25) is 0 Å². The lowest BCUT2D eigenvalue weighted by Crippen LogP contribution is -2.41. The topological polar surface area (TPSA) is 66.4 Å². The maximum absolute atomic E-state index is 13.7. The van der Waals surface area contributed by atoms with Crippen LogP contribution < -0.4 is 5.32 Å². The van der Waals surface area contributed by atoms with Gasteiger partial charge in [-0.3, -0.25) is 4.79 Å². The molecule has 0 heterocycles. The average Bonchev–Trinajstić information content (AvgIpc) is 2.36. The van der Waals surface area contributed by atoms with Gasteiger partial charge in [0.15, 0.2) is 0 Å². The maximum atomic E-state index is 13.7. The molecule has 4 nitrogen and oxygen atoms in total. The van der Waals surface area contributed by atoms with Crippen LogP contribution >= 0.6 is 0 Å². The number of carboxylic acid groups (broad SMARTS) is 1. The molecule has 1 unspecified atom stereocenters. The maximum Gasteiger partial charge on any atom is 0.419 e. The summed E-state index contributed by atoms with van der Waals surface area (Å²) in [5.41, 5.74) is -2.52. The normalized spacial score (nSPS) is 12.3. The Bertz CT molecular complexity index is 604. The van der Waals surface area contributed by atoms with E-state index in [0.717, 1.165) is 12.1 Å². The standard InChI is InChI=1S/C13H9F4NO3/c1-2-4-9(12(20)21)18-11(19)7-5-3-6-8(10(7)14)13(15,16)17/h1,3,5-6,9H,4H2,(H,18,19)(H,20,21). The van der Waals surface area contributed by atoms with Crippen molar-refractivity contribution < 1.29 is 32.3 Å². The first-order valence-corrected chi connectivity index (χ1v) is 5.51. The van der Waals surface area contributed by atoms with E-state index in [1.165, 1.54) is 0 Å². The lowest BCUT2D eigenvalue weighted by molar-refractivity contribution is -0.140. The van der Waals surface area contributed by atoms with Crippen molar-refractivity contribution in [3.63, 3.8) is 0 Å². The zero-order valence-corrected chi connectivity index (χ0v) is 10.4. The number of carbonyl (C=O) groups is 2. The summed E-state index contributed by atoms with van der Waals surface area (Å²) in [6.07, 6.45) is -0.449. The molecule has 0 radical (unpaired) electrons. The number of terminal acetylenes is 1. The van der Waals surface area contributed by atoms with Crippen LogP contribution in [0, 0.1) is 18.2 Å². The molecule has 8 heteroatoms. The predicted octanol–water partition coefficient (Wildman–Crippen LogP) is 2.05. The first-order chi connectivity index (χ1) is 9.68. The summed E-state index contributed by atoms with van der Waals surface area (Å²) >= 11 is 0. The smallest absolute Gasteiger partial charge is 0.419 e. The minimum absolute atomic E-state index is 0.387. The Hall–Kier alpha value is -2.56. The van der Waals surface area contributed by atoms with Crippen LogP contribution in [0.25, 0.3) is 0 Å². The minimum Gasteiger partial charge on any atom is -0.480 e. The van der Waals surface area contributed by atoms with Crippen molar-refractivity contribution in [3.8, 4) is 12.3 Å². The summed E-state index contributed by atoms with van der Waals surface area (Å²) in [7, 11) is 0. The SMILES string of the molecule is C#CCC(NC(=O)c1cccc(C(F)(F)F)c1F)C(=O)O. The number of carbonyl (C=O) groups excluding carboxylic acids is 1. The van der Waals surface area contributed by atoms with Gasteiger partial charge in [-0.2, -0.15) is 13.2 Å². The zero-order chi connectivity index (χ0) is 16.2. The van der Waals surface area contributed by atoms with Crippen LogP contribution in [0.5, 0.6) is 0 Å². The second-order valence-corrected chi connectivity index (χ2v) is 3.94. The van der Waals surface area contributed by atoms with Crippen LogP contribution in [0.4, 0.5) is 17.6 Å². The molecule has 1 aromatic rings. The van der Waals surface area contributed by atoms with Gasteiger partial charge in [-0.1, -0.05) is 6.07 Å². The third-order valence-corrected chi connectivity index (χ3v) is 2.47. The molecule has 1 rings (SSSR count). The first-order valence-electron chi connectivity index (χ1n) is 5.51. The van der Waals surface area contributed by atoms with Crippen molar-refractivity contribution >= 4 is 11.9 Å². The highest BCUT2D eigenvalue weighted by Gasteiger charge is 2.36. The molecule has 0 aliphatic carbocycles. The van der Waals surface area contributed by atoms with E-state index < -0.39 is 41.0 Å². The van der Waals surface area contributed by atoms with E-state index in [-0.39, 0.29) is 6.42 Å². The highest BCUT2D eigenvalue weighted by molar-refractivity contribution is 5.97. The fourth-order valence-electron chi connectivity index (χ4n) is 1.48. The molecule has 0 aliphatic rings. The van der Waals surface area contributed by atoms with Crippen molar-refractivity contribution in [3.05, 3.63) is 35.1 Å². The number of benzene rings is 1. The van der Waals surface area contributed by atoms with Gasteiger partial charge < -0.3 is 10.4 Å². The molecule has 0 fully saturated rings. The minimum atomic E-state index is -4.97. The Balaban J connectivity index is 3.09. The number of alkyl halides is 3. The molecule has 112 valence electrons. The van der Waals surface area contributed by atoms with E-state index in [1.807, 2.05) is 11.2 Å². The van der Waals surface area contributed by atoms with Crippen molar-refractivity contribution in [2.45, 2.75) is 18.6 Å². The van der Waals surface area contributed by atoms with Gasteiger partial charge >= 0.3 is 12.1 Å². The molecule has 2 N–H and O–H groups in total. The number of hydrogen-bond acceptors (Lipinski definition) is 2. The average molecular weight is 303 g/mol. The third kappa shape index (κ3) is 3.95. The van der Waals surface area contributed by atoms with Crippen molar-refractivity contribution in [1.29, 1.82) is 0 Å². The molecular formula is C13H9F4NO3. The number of halogens is 4. The lowest BCUT2D eigenvalue weighted by atomic mass is 10.1. The fourth-order valence-corrected chi connectivity index (χ4v) is 1.48. The van der Waals surface area contributed by atoms with Crippen molar-refractivity contribution in [2.24, 2.45) is 0 Å². The lowest BCUT2D eigenvalue weighted by Gasteiger charge is -2.14. The highest BCUT2D eigenvalue weighted by atomic mass is 19.4. The molecule has 0 bridgehead atoms. The third-order valence-electron chi connectivity index (χ3n) is 2.47. The fraction of sp³-hybridized carbons (Fsp3) is 0.231. The van der Waals surface area contributed by atoms with Gasteiger partial charge in [-0.25, -0.2) is 9.18 Å². The van der Waals surface area contributed by atoms with Crippen LogP contribution in [0.1, 0.15) is 22.3 Å². The quantitative estimate of drug-likeness (QED) is 0.661. The van der Waals surface area contributed by atoms with Gasteiger partial charge in [0.25, 0.3) is 5.91 Å². The van der Waals surface area contributed by atoms with Crippen LogP contribution in [0.15, 0.2) is 18.2 Å². The van der Waals surface area contributed by atoms with Gasteiger partial charge in [0.2, 0.25) is 0 Å². The molecule has 1 amide bonds. The summed E-state index contributed by atoms with van der Waals surface area (Å²) < 4.78 is 51.2. The van der Waals surface area contributed by atoms with Gasteiger partial charge in [0.1, 0.15) is 11.9 Å². The molecule has 0 saturated carbocycles. The van der Waals surface area contributed by atoms with E-state index in [4.69, 9.17) is 11.5 Å². The van der Waals surface area contributed by atoms with E-state index in [2.05, 4.69) is 0 Å². The van der Waals surface area contributed by atoms with Gasteiger partial charge in [-0.15, -0.1) is 12.3 Å². The highest BCUT2D eigenvalue weighted by Crippen LogP contribution is 2.32. The Labute approximate surface area is 116 Å². The number of hydrogen-bond donors (Lipinski definition) is 2. The number of carboxylic acids is 1. The summed E-state index contributed by atoms with van der Waals surface area (Å²) in [5, 5.41) is 10.6. The van der Waals surface area contributed by atoms with E-state index in [0.29, 0.717) is 6.07 Å². The Morgan fingerprint density at radius 1 is 1.38 bits per heavy atom. The molecule has 0 aliphatic heterocycles.